The van der Waals surface area contributed by atoms with Crippen LogP contribution in [0.1, 0.15) is 5.56 Å². The summed E-state index contributed by atoms with van der Waals surface area (Å²) in [6, 6.07) is 8.85. The lowest BCUT2D eigenvalue weighted by molar-refractivity contribution is 0.403. The summed E-state index contributed by atoms with van der Waals surface area (Å²) in [5, 5.41) is 0. The van der Waals surface area contributed by atoms with E-state index in [1.165, 1.54) is 7.11 Å². The molecule has 0 amide bonds. The van der Waals surface area contributed by atoms with Gasteiger partial charge in [-0.15, -0.1) is 0 Å². The van der Waals surface area contributed by atoms with Gasteiger partial charge in [0, 0.05) is 18.0 Å². The summed E-state index contributed by atoms with van der Waals surface area (Å²) in [7, 11) is -1.89. The molecule has 0 bridgehead atoms. The maximum absolute atomic E-state index is 11.8. The van der Waals surface area contributed by atoms with E-state index in [-0.39, 0.29) is 4.90 Å². The minimum Gasteiger partial charge on any atom is -0.495 e. The quantitative estimate of drug-likeness (QED) is 0.864. The number of benzene rings is 1. The average molecular weight is 277 g/mol. The van der Waals surface area contributed by atoms with Gasteiger partial charge in [-0.05, 0) is 42.8 Å². The van der Waals surface area contributed by atoms with Crippen LogP contribution < -0.4 is 4.74 Å². The van der Waals surface area contributed by atoms with Gasteiger partial charge in [0.25, 0.3) is 0 Å². The van der Waals surface area contributed by atoms with E-state index in [2.05, 4.69) is 4.98 Å². The first-order valence-electron chi connectivity index (χ1n) is 5.73. The van der Waals surface area contributed by atoms with Crippen molar-refractivity contribution in [3.05, 3.63) is 42.1 Å². The molecule has 4 nitrogen and oxygen atoms in total. The molecule has 2 rings (SSSR count). The minimum absolute atomic E-state index is 0.177. The highest BCUT2D eigenvalue weighted by atomic mass is 32.2. The van der Waals surface area contributed by atoms with Crippen molar-refractivity contribution in [2.24, 2.45) is 0 Å². The normalized spacial score (nSPS) is 11.3. The fourth-order valence-electron chi connectivity index (χ4n) is 1.82. The Hall–Kier alpha value is -1.88. The molecule has 0 saturated carbocycles. The monoisotopic (exact) mass is 277 g/mol. The molecule has 0 fully saturated rings. The zero-order valence-corrected chi connectivity index (χ0v) is 11.9. The van der Waals surface area contributed by atoms with E-state index >= 15 is 0 Å². The third kappa shape index (κ3) is 2.93. The van der Waals surface area contributed by atoms with Gasteiger partial charge in [0.2, 0.25) is 0 Å². The Labute approximate surface area is 113 Å². The van der Waals surface area contributed by atoms with Crippen molar-refractivity contribution in [2.45, 2.75) is 11.8 Å². The molecule has 1 heterocycles. The van der Waals surface area contributed by atoms with E-state index in [0.717, 1.165) is 23.1 Å². The molecular formula is C14H15NO3S. The lowest BCUT2D eigenvalue weighted by Crippen LogP contribution is -2.01. The molecular weight excluding hydrogens is 262 g/mol. The summed E-state index contributed by atoms with van der Waals surface area (Å²) in [5.74, 6) is 0.346. The zero-order chi connectivity index (χ0) is 14.0. The Balaban J connectivity index is 2.62. The molecule has 0 saturated heterocycles. The first kappa shape index (κ1) is 13.5. The van der Waals surface area contributed by atoms with E-state index in [1.807, 2.05) is 19.1 Å². The van der Waals surface area contributed by atoms with Crippen molar-refractivity contribution < 1.29 is 13.2 Å². The maximum Gasteiger partial charge on any atom is 0.179 e. The van der Waals surface area contributed by atoms with Gasteiger partial charge in [-0.1, -0.05) is 0 Å². The Morgan fingerprint density at radius 3 is 2.47 bits per heavy atom. The van der Waals surface area contributed by atoms with Gasteiger partial charge in [-0.3, -0.25) is 4.98 Å². The van der Waals surface area contributed by atoms with E-state index in [1.54, 1.807) is 24.4 Å². The third-order valence-electron chi connectivity index (χ3n) is 2.77. The highest BCUT2D eigenvalue weighted by Gasteiger charge is 2.15. The van der Waals surface area contributed by atoms with E-state index < -0.39 is 9.84 Å². The second kappa shape index (κ2) is 5.01. The molecule has 0 spiro atoms. The summed E-state index contributed by atoms with van der Waals surface area (Å²) >= 11 is 0. The van der Waals surface area contributed by atoms with Crippen LogP contribution in [-0.4, -0.2) is 26.8 Å². The molecule has 100 valence electrons. The predicted molar refractivity (Wildman–Crippen MR) is 74.1 cm³/mol. The second-order valence-corrected chi connectivity index (χ2v) is 6.34. The third-order valence-corrected chi connectivity index (χ3v) is 3.89. The molecule has 0 aliphatic carbocycles. The number of hydrogen-bond donors (Lipinski definition) is 0. The van der Waals surface area contributed by atoms with Crippen LogP contribution in [-0.2, 0) is 9.84 Å². The molecule has 5 heteroatoms. The molecule has 1 aromatic carbocycles. The van der Waals surface area contributed by atoms with Gasteiger partial charge in [0.15, 0.2) is 9.84 Å². The molecule has 0 unspecified atom stereocenters. The topological polar surface area (TPSA) is 56.3 Å². The Kier molecular flexibility index (Phi) is 3.57. The van der Waals surface area contributed by atoms with Gasteiger partial charge in [0.05, 0.1) is 12.8 Å². The van der Waals surface area contributed by atoms with Crippen molar-refractivity contribution in [1.82, 2.24) is 4.98 Å². The predicted octanol–water partition coefficient (Wildman–Crippen LogP) is 2.47. The number of ether oxygens (including phenoxy) is 1. The van der Waals surface area contributed by atoms with Crippen LogP contribution in [0, 0.1) is 6.92 Å². The molecule has 0 aliphatic rings. The lowest BCUT2D eigenvalue weighted by Gasteiger charge is -2.09. The number of rotatable bonds is 3. The highest BCUT2D eigenvalue weighted by Crippen LogP contribution is 2.29. The maximum atomic E-state index is 11.8. The first-order chi connectivity index (χ1) is 8.91. The van der Waals surface area contributed by atoms with Crippen molar-refractivity contribution in [3.8, 4) is 17.0 Å². The fourth-order valence-corrected chi connectivity index (χ4v) is 2.68. The van der Waals surface area contributed by atoms with Gasteiger partial charge >= 0.3 is 0 Å². The van der Waals surface area contributed by atoms with Crippen LogP contribution in [0.25, 0.3) is 11.3 Å². The van der Waals surface area contributed by atoms with Crippen LogP contribution in [0.4, 0.5) is 0 Å². The van der Waals surface area contributed by atoms with Crippen LogP contribution in [0.5, 0.6) is 5.75 Å². The van der Waals surface area contributed by atoms with Crippen molar-refractivity contribution >= 4 is 9.84 Å². The highest BCUT2D eigenvalue weighted by molar-refractivity contribution is 7.90. The fraction of sp³-hybridized carbons (Fsp3) is 0.214. The standard InChI is InChI=1S/C14H15NO3S/c1-10-6-7-15-12(8-10)11-4-5-13(18-2)14(9-11)19(3,16)17/h4-9H,1-3H3. The smallest absolute Gasteiger partial charge is 0.179 e. The van der Waals surface area contributed by atoms with Crippen molar-refractivity contribution in [1.29, 1.82) is 0 Å². The number of hydrogen-bond acceptors (Lipinski definition) is 4. The van der Waals surface area contributed by atoms with Gasteiger partial charge < -0.3 is 4.74 Å². The number of sulfone groups is 1. The number of aryl methyl sites for hydroxylation is 1. The van der Waals surface area contributed by atoms with Crippen LogP contribution in [0.3, 0.4) is 0 Å². The van der Waals surface area contributed by atoms with E-state index in [0.29, 0.717) is 5.75 Å². The van der Waals surface area contributed by atoms with E-state index in [4.69, 9.17) is 4.74 Å². The summed E-state index contributed by atoms with van der Waals surface area (Å²) in [5.41, 5.74) is 2.57. The lowest BCUT2D eigenvalue weighted by atomic mass is 10.1. The van der Waals surface area contributed by atoms with Crippen LogP contribution in [0.15, 0.2) is 41.4 Å². The minimum atomic E-state index is -3.34. The Morgan fingerprint density at radius 2 is 1.89 bits per heavy atom. The van der Waals surface area contributed by atoms with Gasteiger partial charge in [-0.2, -0.15) is 0 Å². The molecule has 19 heavy (non-hydrogen) atoms. The molecule has 2 aromatic rings. The summed E-state index contributed by atoms with van der Waals surface area (Å²) in [6.07, 6.45) is 2.87. The average Bonchev–Trinajstić information content (AvgIpc) is 2.37. The Bertz CT molecular complexity index is 708. The Morgan fingerprint density at radius 1 is 1.16 bits per heavy atom. The largest absolute Gasteiger partial charge is 0.495 e. The number of nitrogens with zero attached hydrogens (tertiary/aromatic N) is 1. The van der Waals surface area contributed by atoms with Gasteiger partial charge in [-0.25, -0.2) is 8.42 Å². The molecule has 0 N–H and O–H groups in total. The second-order valence-electron chi connectivity index (χ2n) is 4.36. The SMILES string of the molecule is COc1ccc(-c2cc(C)ccn2)cc1S(C)(=O)=O. The number of methoxy groups -OCH3 is 1. The zero-order valence-electron chi connectivity index (χ0n) is 11.0. The number of pyridine rings is 1. The van der Waals surface area contributed by atoms with Crippen molar-refractivity contribution in [2.75, 3.05) is 13.4 Å². The summed E-state index contributed by atoms with van der Waals surface area (Å²) < 4.78 is 28.6. The van der Waals surface area contributed by atoms with E-state index in [9.17, 15) is 8.42 Å². The molecule has 1 aromatic heterocycles. The molecule has 0 aliphatic heterocycles. The summed E-state index contributed by atoms with van der Waals surface area (Å²) in [4.78, 5) is 4.43. The van der Waals surface area contributed by atoms with Gasteiger partial charge in [0.1, 0.15) is 10.6 Å². The van der Waals surface area contributed by atoms with Crippen LogP contribution >= 0.6 is 0 Å². The van der Waals surface area contributed by atoms with Crippen molar-refractivity contribution in [3.63, 3.8) is 0 Å². The molecule has 0 atom stereocenters. The summed E-state index contributed by atoms with van der Waals surface area (Å²) in [6.45, 7) is 1.96. The van der Waals surface area contributed by atoms with Crippen LogP contribution in [0.2, 0.25) is 0 Å². The first-order valence-corrected chi connectivity index (χ1v) is 7.62. The molecule has 0 radical (unpaired) electrons. The number of aromatic nitrogens is 1.